The third-order valence-electron chi connectivity index (χ3n) is 4.46. The normalized spacial score (nSPS) is 17.7. The molecule has 8 heteroatoms. The van der Waals surface area contributed by atoms with E-state index in [4.69, 9.17) is 4.42 Å². The molecule has 1 saturated heterocycles. The van der Waals surface area contributed by atoms with Crippen molar-refractivity contribution in [2.45, 2.75) is 25.9 Å². The lowest BCUT2D eigenvalue weighted by Crippen LogP contribution is -2.58. The van der Waals surface area contributed by atoms with Gasteiger partial charge in [0, 0.05) is 39.6 Å². The number of amides is 2. The number of oxazole rings is 1. The Kier molecular flexibility index (Phi) is 4.89. The van der Waals surface area contributed by atoms with Crippen LogP contribution in [0.5, 0.6) is 0 Å². The molecule has 1 aliphatic heterocycles. The number of rotatable bonds is 4. The van der Waals surface area contributed by atoms with E-state index in [1.54, 1.807) is 18.0 Å². The van der Waals surface area contributed by atoms with Gasteiger partial charge >= 0.3 is 5.76 Å². The van der Waals surface area contributed by atoms with Crippen LogP contribution in [0.2, 0.25) is 0 Å². The highest BCUT2D eigenvalue weighted by atomic mass is 16.4. The average molecular weight is 346 g/mol. The molecule has 2 aromatic rings. The Morgan fingerprint density at radius 2 is 2.20 bits per heavy atom. The Labute approximate surface area is 144 Å². The maximum Gasteiger partial charge on any atom is 0.419 e. The minimum atomic E-state index is -0.461. The molecule has 2 amide bonds. The topological polar surface area (TPSA) is 96.6 Å². The van der Waals surface area contributed by atoms with Crippen LogP contribution < -0.4 is 16.4 Å². The van der Waals surface area contributed by atoms with Crippen molar-refractivity contribution in [3.05, 3.63) is 34.3 Å². The van der Waals surface area contributed by atoms with E-state index in [1.165, 1.54) is 4.57 Å². The minimum absolute atomic E-state index is 0.0793. The van der Waals surface area contributed by atoms with Gasteiger partial charge in [-0.3, -0.25) is 14.2 Å². The molecule has 1 unspecified atom stereocenters. The molecule has 0 spiro atoms. The van der Waals surface area contributed by atoms with E-state index in [1.807, 2.05) is 19.1 Å². The molecule has 1 aliphatic rings. The second-order valence-corrected chi connectivity index (χ2v) is 6.20. The van der Waals surface area contributed by atoms with Crippen molar-refractivity contribution < 1.29 is 14.0 Å². The fourth-order valence-corrected chi connectivity index (χ4v) is 3.08. The third-order valence-corrected chi connectivity index (χ3v) is 4.46. The second-order valence-electron chi connectivity index (χ2n) is 6.20. The molecule has 8 nitrogen and oxygen atoms in total. The van der Waals surface area contributed by atoms with Crippen LogP contribution in [0.1, 0.15) is 12.0 Å². The van der Waals surface area contributed by atoms with Crippen LogP contribution in [-0.2, 0) is 16.1 Å². The number of piperazine rings is 1. The van der Waals surface area contributed by atoms with Crippen LogP contribution in [-0.4, -0.2) is 54.0 Å². The predicted octanol–water partition coefficient (Wildman–Crippen LogP) is -0.161. The maximum atomic E-state index is 12.5. The maximum absolute atomic E-state index is 12.5. The van der Waals surface area contributed by atoms with Gasteiger partial charge in [0.1, 0.15) is 6.04 Å². The van der Waals surface area contributed by atoms with Gasteiger partial charge in [-0.15, -0.1) is 0 Å². The molecule has 1 fully saturated rings. The van der Waals surface area contributed by atoms with Gasteiger partial charge in [-0.05, 0) is 24.6 Å². The summed E-state index contributed by atoms with van der Waals surface area (Å²) in [5.41, 5.74) is 2.23. The van der Waals surface area contributed by atoms with Gasteiger partial charge in [-0.2, -0.15) is 0 Å². The monoisotopic (exact) mass is 346 g/mol. The summed E-state index contributed by atoms with van der Waals surface area (Å²) in [5.74, 6) is -0.675. The van der Waals surface area contributed by atoms with E-state index in [9.17, 15) is 14.4 Å². The van der Waals surface area contributed by atoms with Crippen molar-refractivity contribution in [2.75, 3.05) is 26.7 Å². The molecule has 0 saturated carbocycles. The number of fused-ring (bicyclic) bond motifs is 1. The van der Waals surface area contributed by atoms with Gasteiger partial charge in [0.15, 0.2) is 5.58 Å². The Morgan fingerprint density at radius 1 is 1.40 bits per heavy atom. The quantitative estimate of drug-likeness (QED) is 0.802. The highest BCUT2D eigenvalue weighted by molar-refractivity contribution is 5.83. The first-order valence-electron chi connectivity index (χ1n) is 8.32. The van der Waals surface area contributed by atoms with Crippen LogP contribution >= 0.6 is 0 Å². The van der Waals surface area contributed by atoms with Crippen LogP contribution in [0.15, 0.2) is 27.4 Å². The van der Waals surface area contributed by atoms with E-state index in [2.05, 4.69) is 10.6 Å². The SMILES string of the molecule is CNC(=O)C1CN(C(=O)CCn2c(=O)oc3ccc(C)cc32)CCN1. The average Bonchev–Trinajstić information content (AvgIpc) is 2.93. The summed E-state index contributed by atoms with van der Waals surface area (Å²) in [5, 5.41) is 5.67. The number of carbonyl (C=O) groups is 2. The van der Waals surface area contributed by atoms with Crippen LogP contribution in [0.4, 0.5) is 0 Å². The molecule has 0 radical (unpaired) electrons. The van der Waals surface area contributed by atoms with Crippen LogP contribution in [0.3, 0.4) is 0 Å². The minimum Gasteiger partial charge on any atom is -0.408 e. The van der Waals surface area contributed by atoms with Gasteiger partial charge in [0.05, 0.1) is 5.52 Å². The molecule has 2 heterocycles. The number of benzene rings is 1. The summed E-state index contributed by atoms with van der Waals surface area (Å²) >= 11 is 0. The molecule has 0 aliphatic carbocycles. The first-order chi connectivity index (χ1) is 12.0. The number of aryl methyl sites for hydroxylation is 2. The van der Waals surface area contributed by atoms with Crippen LogP contribution in [0, 0.1) is 6.92 Å². The van der Waals surface area contributed by atoms with Gasteiger partial charge in [-0.25, -0.2) is 4.79 Å². The van der Waals surface area contributed by atoms with E-state index < -0.39 is 11.8 Å². The third kappa shape index (κ3) is 3.58. The Balaban J connectivity index is 1.68. The zero-order valence-electron chi connectivity index (χ0n) is 14.4. The number of hydrogen-bond donors (Lipinski definition) is 2. The van der Waals surface area contributed by atoms with Gasteiger partial charge in [0.25, 0.3) is 0 Å². The molecule has 1 aromatic carbocycles. The van der Waals surface area contributed by atoms with Gasteiger partial charge in [0.2, 0.25) is 11.8 Å². The van der Waals surface area contributed by atoms with Crippen molar-refractivity contribution in [3.63, 3.8) is 0 Å². The van der Waals surface area contributed by atoms with Gasteiger partial charge in [-0.1, -0.05) is 6.07 Å². The van der Waals surface area contributed by atoms with E-state index in [0.717, 1.165) is 5.56 Å². The summed E-state index contributed by atoms with van der Waals surface area (Å²) in [6.07, 6.45) is 0.183. The standard InChI is InChI=1S/C17H22N4O4/c1-11-3-4-14-13(9-11)21(17(24)25-14)7-5-15(22)20-8-6-19-12(10-20)16(23)18-2/h3-4,9,12,19H,5-8,10H2,1-2H3,(H,18,23). The number of nitrogens with zero attached hydrogens (tertiary/aromatic N) is 2. The molecular weight excluding hydrogens is 324 g/mol. The number of carbonyl (C=O) groups excluding carboxylic acids is 2. The Morgan fingerprint density at radius 3 is 2.96 bits per heavy atom. The molecule has 3 rings (SSSR count). The van der Waals surface area contributed by atoms with Crippen molar-refractivity contribution in [1.82, 2.24) is 20.1 Å². The summed E-state index contributed by atoms with van der Waals surface area (Å²) in [6.45, 7) is 3.64. The van der Waals surface area contributed by atoms with E-state index in [-0.39, 0.29) is 24.8 Å². The second kappa shape index (κ2) is 7.10. The molecule has 0 bridgehead atoms. The highest BCUT2D eigenvalue weighted by Crippen LogP contribution is 2.15. The van der Waals surface area contributed by atoms with Crippen LogP contribution in [0.25, 0.3) is 11.1 Å². The fraction of sp³-hybridized carbons (Fsp3) is 0.471. The molecule has 2 N–H and O–H groups in total. The zero-order chi connectivity index (χ0) is 18.0. The van der Waals surface area contributed by atoms with Crippen molar-refractivity contribution in [2.24, 2.45) is 0 Å². The molecule has 25 heavy (non-hydrogen) atoms. The molecule has 134 valence electrons. The number of aromatic nitrogens is 1. The van der Waals surface area contributed by atoms with Gasteiger partial charge < -0.3 is 20.0 Å². The summed E-state index contributed by atoms with van der Waals surface area (Å²) < 4.78 is 6.70. The molecule has 1 atom stereocenters. The lowest BCUT2D eigenvalue weighted by atomic mass is 10.2. The van der Waals surface area contributed by atoms with Crippen molar-refractivity contribution in [1.29, 1.82) is 0 Å². The number of nitrogens with one attached hydrogen (secondary N) is 2. The summed E-state index contributed by atoms with van der Waals surface area (Å²) in [6, 6.07) is 5.11. The molecule has 1 aromatic heterocycles. The first kappa shape index (κ1) is 17.2. The van der Waals surface area contributed by atoms with Crippen molar-refractivity contribution in [3.8, 4) is 0 Å². The smallest absolute Gasteiger partial charge is 0.408 e. The van der Waals surface area contributed by atoms with E-state index >= 15 is 0 Å². The van der Waals surface area contributed by atoms with E-state index in [0.29, 0.717) is 30.7 Å². The highest BCUT2D eigenvalue weighted by Gasteiger charge is 2.27. The Bertz CT molecular complexity index is 854. The lowest BCUT2D eigenvalue weighted by molar-refractivity contribution is -0.134. The first-order valence-corrected chi connectivity index (χ1v) is 8.32. The number of likely N-dealkylation sites (N-methyl/N-ethyl adjacent to an activating group) is 1. The molecular formula is C17H22N4O4. The fourth-order valence-electron chi connectivity index (χ4n) is 3.08. The summed E-state index contributed by atoms with van der Waals surface area (Å²) in [4.78, 5) is 37.9. The predicted molar refractivity (Wildman–Crippen MR) is 92.3 cm³/mol. The summed E-state index contributed by atoms with van der Waals surface area (Å²) in [7, 11) is 1.57. The lowest BCUT2D eigenvalue weighted by Gasteiger charge is -2.32. The zero-order valence-corrected chi connectivity index (χ0v) is 14.4. The Hall–Kier alpha value is -2.61. The van der Waals surface area contributed by atoms with Crippen molar-refractivity contribution >= 4 is 22.9 Å². The number of hydrogen-bond acceptors (Lipinski definition) is 5. The largest absolute Gasteiger partial charge is 0.419 e.